The van der Waals surface area contributed by atoms with Crippen LogP contribution in [0.15, 0.2) is 24.4 Å². The summed E-state index contributed by atoms with van der Waals surface area (Å²) in [7, 11) is 0. The van der Waals surface area contributed by atoms with Crippen molar-refractivity contribution in [3.63, 3.8) is 0 Å². The molecule has 0 spiro atoms. The van der Waals surface area contributed by atoms with Gasteiger partial charge >= 0.3 is 0 Å². The molecule has 0 saturated carbocycles. The van der Waals surface area contributed by atoms with Gasteiger partial charge in [0.25, 0.3) is 0 Å². The summed E-state index contributed by atoms with van der Waals surface area (Å²) in [5, 5.41) is 26.8. The second kappa shape index (κ2) is 5.70. The molecular formula is C10H16NO3+. The van der Waals surface area contributed by atoms with E-state index in [0.29, 0.717) is 13.0 Å². The minimum Gasteiger partial charge on any atom is -0.396 e. The second-order valence-electron chi connectivity index (χ2n) is 3.15. The molecule has 0 aromatic carbocycles. The van der Waals surface area contributed by atoms with Gasteiger partial charge < -0.3 is 15.3 Å². The van der Waals surface area contributed by atoms with E-state index in [1.165, 1.54) is 0 Å². The highest BCUT2D eigenvalue weighted by Crippen LogP contribution is 1.93. The van der Waals surface area contributed by atoms with Crippen LogP contribution in [0.4, 0.5) is 0 Å². The monoisotopic (exact) mass is 198 g/mol. The van der Waals surface area contributed by atoms with Crippen LogP contribution in [0, 0.1) is 0 Å². The number of aliphatic hydroxyl groups is 3. The molecule has 1 unspecified atom stereocenters. The zero-order chi connectivity index (χ0) is 10.4. The van der Waals surface area contributed by atoms with Crippen LogP contribution in [0.25, 0.3) is 0 Å². The van der Waals surface area contributed by atoms with Crippen LogP contribution in [-0.2, 0) is 13.0 Å². The van der Waals surface area contributed by atoms with Crippen LogP contribution in [0.2, 0.25) is 0 Å². The van der Waals surface area contributed by atoms with Crippen LogP contribution in [0.5, 0.6) is 0 Å². The molecule has 4 nitrogen and oxygen atoms in total. The minimum absolute atomic E-state index is 0.0826. The summed E-state index contributed by atoms with van der Waals surface area (Å²) in [5.74, 6) is 0. The standard InChI is InChI=1S/C10H16NO3/c12-6-4-9-3-1-2-5-11(9)7-10(14)8-13/h1-3,5,10,12-14H,4,6-8H2/q+1. The van der Waals surface area contributed by atoms with E-state index in [0.717, 1.165) is 5.69 Å². The zero-order valence-corrected chi connectivity index (χ0v) is 8.00. The Balaban J connectivity index is 2.73. The number of pyridine rings is 1. The lowest BCUT2D eigenvalue weighted by Crippen LogP contribution is -2.44. The Morgan fingerprint density at radius 2 is 2.07 bits per heavy atom. The van der Waals surface area contributed by atoms with Gasteiger partial charge in [-0.3, -0.25) is 0 Å². The second-order valence-corrected chi connectivity index (χ2v) is 3.15. The van der Waals surface area contributed by atoms with Crippen molar-refractivity contribution in [3.05, 3.63) is 30.1 Å². The molecule has 0 aliphatic heterocycles. The van der Waals surface area contributed by atoms with Gasteiger partial charge in [-0.05, 0) is 0 Å². The van der Waals surface area contributed by atoms with Crippen molar-refractivity contribution in [1.82, 2.24) is 0 Å². The van der Waals surface area contributed by atoms with E-state index in [-0.39, 0.29) is 13.2 Å². The summed E-state index contributed by atoms with van der Waals surface area (Å²) < 4.78 is 1.83. The maximum Gasteiger partial charge on any atom is 0.183 e. The predicted octanol–water partition coefficient (Wildman–Crippen LogP) is -1.14. The van der Waals surface area contributed by atoms with Crippen molar-refractivity contribution in [3.8, 4) is 0 Å². The van der Waals surface area contributed by atoms with E-state index >= 15 is 0 Å². The molecule has 1 heterocycles. The van der Waals surface area contributed by atoms with E-state index in [1.807, 2.05) is 29.0 Å². The summed E-state index contributed by atoms with van der Waals surface area (Å²) in [6, 6.07) is 5.62. The van der Waals surface area contributed by atoms with Gasteiger partial charge in [-0.1, -0.05) is 6.07 Å². The average Bonchev–Trinajstić information content (AvgIpc) is 2.21. The lowest BCUT2D eigenvalue weighted by Gasteiger charge is -2.05. The highest BCUT2D eigenvalue weighted by Gasteiger charge is 2.13. The van der Waals surface area contributed by atoms with E-state index < -0.39 is 6.10 Å². The Hall–Kier alpha value is -0.970. The van der Waals surface area contributed by atoms with Gasteiger partial charge in [0.05, 0.1) is 19.6 Å². The topological polar surface area (TPSA) is 64.6 Å². The van der Waals surface area contributed by atoms with E-state index in [9.17, 15) is 5.11 Å². The Bertz CT molecular complexity index is 278. The maximum absolute atomic E-state index is 9.27. The van der Waals surface area contributed by atoms with Crippen LogP contribution in [-0.4, -0.2) is 34.6 Å². The van der Waals surface area contributed by atoms with Gasteiger partial charge in [0.2, 0.25) is 0 Å². The van der Waals surface area contributed by atoms with Crippen LogP contribution in [0.1, 0.15) is 5.69 Å². The van der Waals surface area contributed by atoms with Crippen LogP contribution in [0.3, 0.4) is 0 Å². The number of rotatable bonds is 5. The zero-order valence-electron chi connectivity index (χ0n) is 8.00. The Kier molecular flexibility index (Phi) is 4.52. The highest BCUT2D eigenvalue weighted by atomic mass is 16.3. The molecule has 0 aliphatic rings. The summed E-state index contributed by atoms with van der Waals surface area (Å²) >= 11 is 0. The first-order valence-corrected chi connectivity index (χ1v) is 4.65. The molecule has 1 rings (SSSR count). The molecule has 14 heavy (non-hydrogen) atoms. The Morgan fingerprint density at radius 1 is 1.29 bits per heavy atom. The number of aromatic nitrogens is 1. The van der Waals surface area contributed by atoms with Crippen molar-refractivity contribution in [2.75, 3.05) is 13.2 Å². The van der Waals surface area contributed by atoms with Crippen molar-refractivity contribution < 1.29 is 19.9 Å². The highest BCUT2D eigenvalue weighted by molar-refractivity contribution is 4.97. The number of nitrogens with zero attached hydrogens (tertiary/aromatic N) is 1. The molecule has 1 atom stereocenters. The minimum atomic E-state index is -0.750. The molecule has 0 amide bonds. The first kappa shape index (κ1) is 11.1. The average molecular weight is 198 g/mol. The molecule has 0 fully saturated rings. The van der Waals surface area contributed by atoms with Gasteiger partial charge in [0, 0.05) is 12.1 Å². The fourth-order valence-electron chi connectivity index (χ4n) is 1.32. The SMILES string of the molecule is OCCc1cccc[n+]1CC(O)CO. The third-order valence-electron chi connectivity index (χ3n) is 2.02. The fraction of sp³-hybridized carbons (Fsp3) is 0.500. The summed E-state index contributed by atoms with van der Waals surface area (Å²) in [4.78, 5) is 0. The van der Waals surface area contributed by atoms with Crippen LogP contribution < -0.4 is 4.57 Å². The quantitative estimate of drug-likeness (QED) is 0.524. The van der Waals surface area contributed by atoms with Crippen molar-refractivity contribution in [1.29, 1.82) is 0 Å². The first-order chi connectivity index (χ1) is 6.77. The molecule has 1 aromatic heterocycles. The lowest BCUT2D eigenvalue weighted by molar-refractivity contribution is -0.710. The van der Waals surface area contributed by atoms with Crippen LogP contribution >= 0.6 is 0 Å². The summed E-state index contributed by atoms with van der Waals surface area (Å²) in [6.07, 6.45) is 1.63. The molecule has 0 aliphatic carbocycles. The summed E-state index contributed by atoms with van der Waals surface area (Å²) in [5.41, 5.74) is 0.947. The molecule has 0 saturated heterocycles. The van der Waals surface area contributed by atoms with Crippen molar-refractivity contribution in [2.45, 2.75) is 19.1 Å². The predicted molar refractivity (Wildman–Crippen MR) is 50.5 cm³/mol. The van der Waals surface area contributed by atoms with Gasteiger partial charge in [0.15, 0.2) is 18.4 Å². The number of aliphatic hydroxyl groups excluding tert-OH is 3. The Labute approximate surface area is 83.1 Å². The van der Waals surface area contributed by atoms with E-state index in [2.05, 4.69) is 0 Å². The first-order valence-electron chi connectivity index (χ1n) is 4.65. The van der Waals surface area contributed by atoms with Crippen molar-refractivity contribution in [2.24, 2.45) is 0 Å². The Morgan fingerprint density at radius 3 is 2.71 bits per heavy atom. The third kappa shape index (κ3) is 3.06. The van der Waals surface area contributed by atoms with E-state index in [4.69, 9.17) is 10.2 Å². The lowest BCUT2D eigenvalue weighted by atomic mass is 10.2. The largest absolute Gasteiger partial charge is 0.396 e. The smallest absolute Gasteiger partial charge is 0.183 e. The van der Waals surface area contributed by atoms with Gasteiger partial charge in [-0.2, -0.15) is 4.57 Å². The molecular weight excluding hydrogens is 182 g/mol. The molecule has 1 aromatic rings. The number of hydrogen-bond acceptors (Lipinski definition) is 3. The fourth-order valence-corrected chi connectivity index (χ4v) is 1.32. The normalized spacial score (nSPS) is 12.8. The van der Waals surface area contributed by atoms with E-state index in [1.54, 1.807) is 0 Å². The third-order valence-corrected chi connectivity index (χ3v) is 2.02. The molecule has 3 N–H and O–H groups in total. The number of hydrogen-bond donors (Lipinski definition) is 3. The van der Waals surface area contributed by atoms with Gasteiger partial charge in [0.1, 0.15) is 6.10 Å². The van der Waals surface area contributed by atoms with Gasteiger partial charge in [-0.15, -0.1) is 0 Å². The summed E-state index contributed by atoms with van der Waals surface area (Å²) in [6.45, 7) is 0.187. The van der Waals surface area contributed by atoms with Gasteiger partial charge in [-0.25, -0.2) is 0 Å². The maximum atomic E-state index is 9.27. The molecule has 78 valence electrons. The molecule has 0 radical (unpaired) electrons. The molecule has 4 heteroatoms. The molecule has 0 bridgehead atoms. The van der Waals surface area contributed by atoms with Crippen molar-refractivity contribution >= 4 is 0 Å².